The summed E-state index contributed by atoms with van der Waals surface area (Å²) in [6.45, 7) is 3.89. The van der Waals surface area contributed by atoms with Crippen molar-refractivity contribution < 1.29 is 22.7 Å². The standard InChI is InChI=1S/C36H39Cl2N3O5S2/c1-4-22-39-36(43)34(23-26-10-7-6-8-11-26)40(24-31-32(37)12-9-13-33(31)38)35(42)25-41(27-14-16-28(17-15-27)46-5-2)48(44,45)30-20-18-29(47-3)19-21-30/h6-21,34H,4-5,22-25H2,1-3H3,(H,39,43)/t34-/m0/s1. The molecule has 1 atom stereocenters. The molecule has 4 aromatic carbocycles. The van der Waals surface area contributed by atoms with Crippen LogP contribution in [0.2, 0.25) is 10.0 Å². The number of benzene rings is 4. The average Bonchev–Trinajstić information content (AvgIpc) is 3.09. The fourth-order valence-corrected chi connectivity index (χ4v) is 7.39. The minimum atomic E-state index is -4.26. The second-order valence-electron chi connectivity index (χ2n) is 10.8. The molecule has 48 heavy (non-hydrogen) atoms. The van der Waals surface area contributed by atoms with E-state index in [4.69, 9.17) is 27.9 Å². The van der Waals surface area contributed by atoms with E-state index in [2.05, 4.69) is 5.32 Å². The highest BCUT2D eigenvalue weighted by atomic mass is 35.5. The summed E-state index contributed by atoms with van der Waals surface area (Å²) in [5, 5.41) is 3.56. The van der Waals surface area contributed by atoms with Gasteiger partial charge in [-0.25, -0.2) is 8.42 Å². The third-order valence-corrected chi connectivity index (χ3v) is 10.8. The van der Waals surface area contributed by atoms with Crippen molar-refractivity contribution in [2.24, 2.45) is 0 Å². The molecule has 2 amide bonds. The lowest BCUT2D eigenvalue weighted by Crippen LogP contribution is -2.53. The summed E-state index contributed by atoms with van der Waals surface area (Å²) in [7, 11) is -4.26. The van der Waals surface area contributed by atoms with Crippen LogP contribution in [-0.4, -0.2) is 57.1 Å². The van der Waals surface area contributed by atoms with Gasteiger partial charge in [-0.3, -0.25) is 13.9 Å². The zero-order chi connectivity index (χ0) is 34.7. The molecule has 1 N–H and O–H groups in total. The van der Waals surface area contributed by atoms with Gasteiger partial charge in [-0.1, -0.05) is 66.5 Å². The number of halogens is 2. The van der Waals surface area contributed by atoms with Crippen LogP contribution >= 0.6 is 35.0 Å². The fraction of sp³-hybridized carbons (Fsp3) is 0.278. The van der Waals surface area contributed by atoms with Crippen molar-refractivity contribution in [3.8, 4) is 5.75 Å². The Hall–Kier alpha value is -3.70. The Morgan fingerprint density at radius 2 is 1.52 bits per heavy atom. The second kappa shape index (κ2) is 17.6. The Kier molecular flexibility index (Phi) is 13.6. The molecule has 4 aromatic rings. The molecule has 8 nitrogen and oxygen atoms in total. The number of thioether (sulfide) groups is 1. The molecule has 0 aliphatic rings. The van der Waals surface area contributed by atoms with Crippen LogP contribution < -0.4 is 14.4 Å². The van der Waals surface area contributed by atoms with Gasteiger partial charge in [0.05, 0.1) is 17.2 Å². The minimum Gasteiger partial charge on any atom is -0.494 e. The van der Waals surface area contributed by atoms with Crippen molar-refractivity contribution in [2.75, 3.05) is 30.3 Å². The molecule has 0 unspecified atom stereocenters. The monoisotopic (exact) mass is 727 g/mol. The molecular weight excluding hydrogens is 689 g/mol. The zero-order valence-corrected chi connectivity index (χ0v) is 30.2. The molecule has 0 aromatic heterocycles. The van der Waals surface area contributed by atoms with Crippen LogP contribution in [0.5, 0.6) is 5.75 Å². The molecule has 0 saturated heterocycles. The van der Waals surface area contributed by atoms with E-state index < -0.39 is 28.5 Å². The number of anilines is 1. The maximum absolute atomic E-state index is 14.6. The maximum atomic E-state index is 14.6. The number of carbonyl (C=O) groups excluding carboxylic acids is 2. The predicted octanol–water partition coefficient (Wildman–Crippen LogP) is 7.48. The molecule has 12 heteroatoms. The fourth-order valence-electron chi connectivity index (χ4n) is 5.05. The Labute approximate surface area is 297 Å². The van der Waals surface area contributed by atoms with Crippen molar-refractivity contribution in [1.29, 1.82) is 0 Å². The summed E-state index contributed by atoms with van der Waals surface area (Å²) in [5.74, 6) is -0.433. The first-order valence-electron chi connectivity index (χ1n) is 15.5. The third-order valence-electron chi connectivity index (χ3n) is 7.57. The first-order chi connectivity index (χ1) is 23.1. The summed E-state index contributed by atoms with van der Waals surface area (Å²) in [6, 6.07) is 26.3. The molecule has 0 aliphatic carbocycles. The lowest BCUT2D eigenvalue weighted by molar-refractivity contribution is -0.140. The van der Waals surface area contributed by atoms with E-state index in [0.717, 1.165) is 14.8 Å². The number of amides is 2. The Morgan fingerprint density at radius 1 is 0.875 bits per heavy atom. The Balaban J connectivity index is 1.83. The molecule has 0 bridgehead atoms. The van der Waals surface area contributed by atoms with E-state index in [1.807, 2.05) is 50.4 Å². The molecule has 0 radical (unpaired) electrons. The Morgan fingerprint density at radius 3 is 2.10 bits per heavy atom. The van der Waals surface area contributed by atoms with Gasteiger partial charge >= 0.3 is 0 Å². The maximum Gasteiger partial charge on any atom is 0.264 e. The largest absolute Gasteiger partial charge is 0.494 e. The van der Waals surface area contributed by atoms with Crippen molar-refractivity contribution in [3.05, 3.63) is 118 Å². The normalized spacial score (nSPS) is 11.9. The number of nitrogens with one attached hydrogen (secondary N) is 1. The van der Waals surface area contributed by atoms with Crippen molar-refractivity contribution in [1.82, 2.24) is 10.2 Å². The minimum absolute atomic E-state index is 0.0178. The quantitative estimate of drug-likeness (QED) is 0.120. The number of ether oxygens (including phenoxy) is 1. The molecular formula is C36H39Cl2N3O5S2. The molecule has 4 rings (SSSR count). The van der Waals surface area contributed by atoms with Gasteiger partial charge < -0.3 is 15.0 Å². The van der Waals surface area contributed by atoms with Gasteiger partial charge in [0.15, 0.2) is 0 Å². The molecule has 254 valence electrons. The highest BCUT2D eigenvalue weighted by molar-refractivity contribution is 7.98. The van der Waals surface area contributed by atoms with Crippen molar-refractivity contribution >= 4 is 62.5 Å². The van der Waals surface area contributed by atoms with E-state index in [-0.39, 0.29) is 29.5 Å². The van der Waals surface area contributed by atoms with Gasteiger partial charge in [0.25, 0.3) is 10.0 Å². The second-order valence-corrected chi connectivity index (χ2v) is 14.4. The smallest absolute Gasteiger partial charge is 0.264 e. The first-order valence-corrected chi connectivity index (χ1v) is 18.9. The van der Waals surface area contributed by atoms with E-state index in [0.29, 0.717) is 40.9 Å². The highest BCUT2D eigenvalue weighted by Crippen LogP contribution is 2.30. The van der Waals surface area contributed by atoms with Crippen LogP contribution in [0, 0.1) is 0 Å². The van der Waals surface area contributed by atoms with E-state index >= 15 is 0 Å². The average molecular weight is 729 g/mol. The summed E-state index contributed by atoms with van der Waals surface area (Å²) in [5.41, 5.74) is 1.52. The number of sulfonamides is 1. The number of carbonyl (C=O) groups is 2. The summed E-state index contributed by atoms with van der Waals surface area (Å²) >= 11 is 14.7. The lowest BCUT2D eigenvalue weighted by Gasteiger charge is -2.34. The van der Waals surface area contributed by atoms with Crippen LogP contribution in [0.1, 0.15) is 31.4 Å². The topological polar surface area (TPSA) is 96.0 Å². The van der Waals surface area contributed by atoms with Crippen molar-refractivity contribution in [2.45, 2.75) is 49.1 Å². The van der Waals surface area contributed by atoms with Gasteiger partial charge in [0, 0.05) is 40.0 Å². The molecule has 0 aliphatic heterocycles. The summed E-state index contributed by atoms with van der Waals surface area (Å²) in [6.07, 6.45) is 2.76. The predicted molar refractivity (Wildman–Crippen MR) is 195 cm³/mol. The van der Waals surface area contributed by atoms with E-state index in [9.17, 15) is 18.0 Å². The first kappa shape index (κ1) is 37.1. The third kappa shape index (κ3) is 9.47. The summed E-state index contributed by atoms with van der Waals surface area (Å²) in [4.78, 5) is 30.7. The van der Waals surface area contributed by atoms with Gasteiger partial charge in [0.1, 0.15) is 18.3 Å². The number of nitrogens with zero attached hydrogens (tertiary/aromatic N) is 2. The lowest BCUT2D eigenvalue weighted by atomic mass is 10.0. The van der Waals surface area contributed by atoms with Gasteiger partial charge in [0.2, 0.25) is 11.8 Å². The number of hydrogen-bond donors (Lipinski definition) is 1. The summed E-state index contributed by atoms with van der Waals surface area (Å²) < 4.78 is 35.2. The molecule has 0 heterocycles. The van der Waals surface area contributed by atoms with Crippen LogP contribution in [0.3, 0.4) is 0 Å². The Bertz CT molecular complexity index is 1750. The number of rotatable bonds is 16. The van der Waals surface area contributed by atoms with Gasteiger partial charge in [-0.15, -0.1) is 11.8 Å². The van der Waals surface area contributed by atoms with E-state index in [1.54, 1.807) is 54.6 Å². The molecule has 0 spiro atoms. The molecule has 0 fully saturated rings. The highest BCUT2D eigenvalue weighted by Gasteiger charge is 2.35. The van der Waals surface area contributed by atoms with E-state index in [1.165, 1.54) is 28.8 Å². The van der Waals surface area contributed by atoms with Gasteiger partial charge in [-0.05, 0) is 85.8 Å². The van der Waals surface area contributed by atoms with Gasteiger partial charge in [-0.2, -0.15) is 0 Å². The van der Waals surface area contributed by atoms with Crippen LogP contribution in [-0.2, 0) is 32.6 Å². The van der Waals surface area contributed by atoms with Crippen molar-refractivity contribution in [3.63, 3.8) is 0 Å². The van der Waals surface area contributed by atoms with Crippen LogP contribution in [0.4, 0.5) is 5.69 Å². The number of hydrogen-bond acceptors (Lipinski definition) is 6. The zero-order valence-electron chi connectivity index (χ0n) is 27.1. The SMILES string of the molecule is CCCNC(=O)[C@H](Cc1ccccc1)N(Cc1c(Cl)cccc1Cl)C(=O)CN(c1ccc(OCC)cc1)S(=O)(=O)c1ccc(SC)cc1. The van der Waals surface area contributed by atoms with Crippen LogP contribution in [0.15, 0.2) is 107 Å². The van der Waals surface area contributed by atoms with Crippen LogP contribution in [0.25, 0.3) is 0 Å². The molecule has 0 saturated carbocycles.